The number of nitrogens with two attached hydrogens (primary N) is 1. The lowest BCUT2D eigenvalue weighted by Gasteiger charge is -2.49. The van der Waals surface area contributed by atoms with Crippen molar-refractivity contribution in [3.8, 4) is 5.75 Å². The van der Waals surface area contributed by atoms with Crippen LogP contribution in [0.1, 0.15) is 22.3 Å². The Morgan fingerprint density at radius 1 is 1.16 bits per heavy atom. The fraction of sp³-hybridized carbons (Fsp3) is 0.435. The summed E-state index contributed by atoms with van der Waals surface area (Å²) in [4.78, 5) is 41.9. The number of rotatable bonds is 3. The Bertz CT molecular complexity index is 1120. The van der Waals surface area contributed by atoms with Crippen molar-refractivity contribution in [3.05, 3.63) is 46.2 Å². The maximum atomic E-state index is 13.4. The first kappa shape index (κ1) is 22.0. The Morgan fingerprint density at radius 3 is 2.38 bits per heavy atom. The van der Waals surface area contributed by atoms with Crippen molar-refractivity contribution in [2.24, 2.45) is 17.6 Å². The number of phenols is 1. The van der Waals surface area contributed by atoms with Crippen LogP contribution in [0.25, 0.3) is 0 Å². The predicted octanol–water partition coefficient (Wildman–Crippen LogP) is 0.301. The van der Waals surface area contributed by atoms with Crippen molar-refractivity contribution in [2.75, 3.05) is 33.1 Å². The van der Waals surface area contributed by atoms with Crippen LogP contribution in [0.4, 0.5) is 5.69 Å². The van der Waals surface area contributed by atoms with Crippen LogP contribution >= 0.6 is 0 Å². The van der Waals surface area contributed by atoms with Crippen LogP contribution in [-0.2, 0) is 16.0 Å². The van der Waals surface area contributed by atoms with Gasteiger partial charge in [0.25, 0.3) is 5.91 Å². The SMILES string of the molecule is CN(C)c1ccc(O)c2c1CC1CC3C(N(C)C)C(=O)C(C(N)=O)=C(O)C3(O)C=C1C2=O. The highest BCUT2D eigenvalue weighted by Crippen LogP contribution is 2.51. The lowest BCUT2D eigenvalue weighted by Crippen LogP contribution is -2.61. The number of ketones is 2. The van der Waals surface area contributed by atoms with E-state index in [1.165, 1.54) is 12.1 Å². The number of carbonyl (C=O) groups is 3. The van der Waals surface area contributed by atoms with Crippen molar-refractivity contribution in [1.82, 2.24) is 4.90 Å². The number of phenolic OH excluding ortho intramolecular Hbond substituents is 1. The molecule has 3 aliphatic carbocycles. The van der Waals surface area contributed by atoms with Gasteiger partial charge in [-0.1, -0.05) is 0 Å². The van der Waals surface area contributed by atoms with Crippen molar-refractivity contribution in [3.63, 3.8) is 0 Å². The zero-order chi connectivity index (χ0) is 23.7. The number of likely N-dealkylation sites (N-methyl/N-ethyl adjacent to an activating group) is 1. The Labute approximate surface area is 185 Å². The third kappa shape index (κ3) is 2.88. The van der Waals surface area contributed by atoms with Crippen LogP contribution < -0.4 is 10.6 Å². The summed E-state index contributed by atoms with van der Waals surface area (Å²) in [7, 11) is 6.98. The molecule has 1 amide bonds. The van der Waals surface area contributed by atoms with E-state index < -0.39 is 46.4 Å². The van der Waals surface area contributed by atoms with Gasteiger partial charge in [-0.2, -0.15) is 0 Å². The normalized spacial score (nSPS) is 29.3. The molecular formula is C23H27N3O6. The Morgan fingerprint density at radius 2 is 1.81 bits per heavy atom. The van der Waals surface area contributed by atoms with Gasteiger partial charge in [-0.3, -0.25) is 19.3 Å². The van der Waals surface area contributed by atoms with Crippen molar-refractivity contribution >= 4 is 23.2 Å². The summed E-state index contributed by atoms with van der Waals surface area (Å²) >= 11 is 0. The number of aliphatic hydroxyl groups excluding tert-OH is 1. The van der Waals surface area contributed by atoms with Crippen LogP contribution in [0, 0.1) is 11.8 Å². The standard InChI is InChI=1S/C23H27N3O6/c1-25(2)14-5-6-15(27)16-11(14)7-10-8-13-18(26(3)4)20(29)17(22(24)31)21(30)23(13,32)9-12(10)19(16)28/h5-6,9-10,13,18,27,30,32H,7-8H2,1-4H3,(H2,24,31). The van der Waals surface area contributed by atoms with Gasteiger partial charge in [0, 0.05) is 31.3 Å². The highest BCUT2D eigenvalue weighted by atomic mass is 16.3. The van der Waals surface area contributed by atoms with Crippen LogP contribution in [0.2, 0.25) is 0 Å². The summed E-state index contributed by atoms with van der Waals surface area (Å²) in [6, 6.07) is 2.29. The van der Waals surface area contributed by atoms with Gasteiger partial charge in [0.05, 0.1) is 11.6 Å². The van der Waals surface area contributed by atoms with Gasteiger partial charge in [0.2, 0.25) is 0 Å². The fourth-order valence-corrected chi connectivity index (χ4v) is 5.51. The molecule has 3 aliphatic rings. The number of allylic oxidation sites excluding steroid dienone is 1. The summed E-state index contributed by atoms with van der Waals surface area (Å²) in [5.74, 6) is -4.35. The van der Waals surface area contributed by atoms with Crippen LogP contribution in [0.15, 0.2) is 35.1 Å². The Hall–Kier alpha value is -3.17. The highest BCUT2D eigenvalue weighted by molar-refractivity contribution is 6.22. The molecule has 32 heavy (non-hydrogen) atoms. The van der Waals surface area contributed by atoms with Gasteiger partial charge in [-0.25, -0.2) is 0 Å². The van der Waals surface area contributed by atoms with Gasteiger partial charge in [0.15, 0.2) is 11.6 Å². The Kier molecular flexibility index (Phi) is 4.94. The predicted molar refractivity (Wildman–Crippen MR) is 116 cm³/mol. The lowest BCUT2D eigenvalue weighted by molar-refractivity contribution is -0.133. The van der Waals surface area contributed by atoms with E-state index in [-0.39, 0.29) is 29.2 Å². The number of primary amides is 1. The zero-order valence-electron chi connectivity index (χ0n) is 18.4. The van der Waals surface area contributed by atoms with Crippen molar-refractivity contribution < 1.29 is 29.7 Å². The molecule has 0 bridgehead atoms. The summed E-state index contributed by atoms with van der Waals surface area (Å²) in [6.07, 6.45) is 1.89. The van der Waals surface area contributed by atoms with Crippen LogP contribution in [0.5, 0.6) is 5.75 Å². The second-order valence-corrected chi connectivity index (χ2v) is 9.21. The van der Waals surface area contributed by atoms with E-state index in [9.17, 15) is 29.7 Å². The molecule has 170 valence electrons. The second kappa shape index (κ2) is 7.18. The molecule has 0 spiro atoms. The number of amides is 1. The first-order valence-corrected chi connectivity index (χ1v) is 10.4. The molecule has 5 N–H and O–H groups in total. The van der Waals surface area contributed by atoms with Gasteiger partial charge >= 0.3 is 0 Å². The molecule has 9 heteroatoms. The van der Waals surface area contributed by atoms with E-state index in [2.05, 4.69) is 0 Å². The second-order valence-electron chi connectivity index (χ2n) is 9.21. The van der Waals surface area contributed by atoms with Crippen LogP contribution in [0.3, 0.4) is 0 Å². The number of anilines is 1. The fourth-order valence-electron chi connectivity index (χ4n) is 5.51. The molecule has 4 unspecified atom stereocenters. The number of hydrogen-bond donors (Lipinski definition) is 4. The monoisotopic (exact) mass is 441 g/mol. The minimum absolute atomic E-state index is 0.161. The molecule has 0 heterocycles. The molecule has 0 radical (unpaired) electrons. The number of aliphatic hydroxyl groups is 2. The maximum Gasteiger partial charge on any atom is 0.255 e. The van der Waals surface area contributed by atoms with Gasteiger partial charge in [-0.05, 0) is 56.6 Å². The molecule has 0 saturated heterocycles. The molecule has 0 saturated carbocycles. The van der Waals surface area contributed by atoms with E-state index in [0.29, 0.717) is 12.0 Å². The van der Waals surface area contributed by atoms with E-state index in [4.69, 9.17) is 5.73 Å². The van der Waals surface area contributed by atoms with Gasteiger partial charge in [-0.15, -0.1) is 0 Å². The number of carbonyl (C=O) groups excluding carboxylic acids is 3. The highest BCUT2D eigenvalue weighted by Gasteiger charge is 2.58. The topological polar surface area (TPSA) is 144 Å². The van der Waals surface area contributed by atoms with Gasteiger partial charge in [0.1, 0.15) is 22.7 Å². The number of benzene rings is 1. The molecule has 0 aliphatic heterocycles. The molecule has 0 fully saturated rings. The van der Waals surface area contributed by atoms with Gasteiger partial charge < -0.3 is 26.0 Å². The average Bonchev–Trinajstić information content (AvgIpc) is 2.68. The quantitative estimate of drug-likeness (QED) is 0.490. The molecule has 4 rings (SSSR count). The zero-order valence-corrected chi connectivity index (χ0v) is 18.4. The van der Waals surface area contributed by atoms with E-state index >= 15 is 0 Å². The van der Waals surface area contributed by atoms with Crippen molar-refractivity contribution in [1.29, 1.82) is 0 Å². The molecule has 9 nitrogen and oxygen atoms in total. The number of Topliss-reactive ketones (excluding diaryl/α,β-unsaturated/α-hetero) is 2. The lowest BCUT2D eigenvalue weighted by atomic mass is 9.60. The summed E-state index contributed by atoms with van der Waals surface area (Å²) in [6.45, 7) is 0. The average molecular weight is 441 g/mol. The smallest absolute Gasteiger partial charge is 0.255 e. The molecule has 1 aromatic rings. The third-order valence-electron chi connectivity index (χ3n) is 6.92. The summed E-state index contributed by atoms with van der Waals surface area (Å²) < 4.78 is 0. The van der Waals surface area contributed by atoms with Crippen LogP contribution in [-0.4, -0.2) is 77.5 Å². The summed E-state index contributed by atoms with van der Waals surface area (Å²) in [5.41, 5.74) is 4.49. The summed E-state index contributed by atoms with van der Waals surface area (Å²) in [5, 5.41) is 32.8. The molecule has 1 aromatic carbocycles. The molecular weight excluding hydrogens is 414 g/mol. The minimum atomic E-state index is -2.11. The Balaban J connectivity index is 1.94. The molecule has 4 atom stereocenters. The first-order valence-electron chi connectivity index (χ1n) is 10.4. The van der Waals surface area contributed by atoms with E-state index in [1.807, 2.05) is 19.0 Å². The van der Waals surface area contributed by atoms with E-state index in [0.717, 1.165) is 5.69 Å². The van der Waals surface area contributed by atoms with Crippen molar-refractivity contribution in [2.45, 2.75) is 24.5 Å². The molecule has 0 aromatic heterocycles. The largest absolute Gasteiger partial charge is 0.508 e. The third-order valence-corrected chi connectivity index (χ3v) is 6.92. The first-order chi connectivity index (χ1) is 14.9. The minimum Gasteiger partial charge on any atom is -0.508 e. The number of nitrogens with zero attached hydrogens (tertiary/aromatic N) is 2. The maximum absolute atomic E-state index is 13.4. The number of fused-ring (bicyclic) bond motifs is 3. The number of aromatic hydroxyl groups is 1. The number of hydrogen-bond acceptors (Lipinski definition) is 8. The van der Waals surface area contributed by atoms with E-state index in [1.54, 1.807) is 25.1 Å².